The molecule has 0 unspecified atom stereocenters. The molecule has 3 amide bonds. The maximum Gasteiger partial charge on any atom is 0.261 e. The quantitative estimate of drug-likeness (QED) is 0.403. The normalized spacial score (nSPS) is 16.5. The van der Waals surface area contributed by atoms with Crippen LogP contribution in [-0.4, -0.2) is 45.6 Å². The van der Waals surface area contributed by atoms with Crippen LogP contribution < -0.4 is 0 Å². The van der Waals surface area contributed by atoms with Crippen molar-refractivity contribution in [2.75, 3.05) is 13.1 Å². The number of hydrogen-bond acceptors (Lipinski definition) is 6. The lowest BCUT2D eigenvalue weighted by Gasteiger charge is -2.31. The number of rotatable bonds is 4. The highest BCUT2D eigenvalue weighted by Gasteiger charge is 2.37. The van der Waals surface area contributed by atoms with E-state index in [1.54, 1.807) is 41.7 Å². The predicted octanol–water partition coefficient (Wildman–Crippen LogP) is 4.71. The number of furan rings is 1. The van der Waals surface area contributed by atoms with Gasteiger partial charge in [0, 0.05) is 24.6 Å². The van der Waals surface area contributed by atoms with E-state index in [1.807, 2.05) is 23.1 Å². The van der Waals surface area contributed by atoms with Crippen molar-refractivity contribution in [3.63, 3.8) is 0 Å². The van der Waals surface area contributed by atoms with Crippen molar-refractivity contribution in [2.45, 2.75) is 25.3 Å². The van der Waals surface area contributed by atoms with Crippen LogP contribution in [0.25, 0.3) is 10.2 Å². The van der Waals surface area contributed by atoms with Crippen LogP contribution in [0.15, 0.2) is 65.3 Å². The van der Waals surface area contributed by atoms with E-state index in [0.29, 0.717) is 35.9 Å². The zero-order valence-electron chi connectivity index (χ0n) is 18.3. The molecule has 6 rings (SSSR count). The standard InChI is InChI=1S/C26H21N3O4S/c30-24(28-11-9-16(10-12-28)23-27-21-5-1-2-6-22(21)34-23)17-7-8-19-20(14-17)26(32)29(25(19)31)15-18-4-3-13-33-18/h1-8,13-14,16H,9-12,15H2. The van der Waals surface area contributed by atoms with Gasteiger partial charge in [0.2, 0.25) is 0 Å². The third-order valence-electron chi connectivity index (χ3n) is 6.55. The maximum absolute atomic E-state index is 13.2. The first-order chi connectivity index (χ1) is 16.6. The molecule has 4 heterocycles. The smallest absolute Gasteiger partial charge is 0.261 e. The third-order valence-corrected chi connectivity index (χ3v) is 7.75. The van der Waals surface area contributed by atoms with Gasteiger partial charge < -0.3 is 9.32 Å². The van der Waals surface area contributed by atoms with Gasteiger partial charge in [-0.3, -0.25) is 19.3 Å². The Morgan fingerprint density at radius 1 is 1.00 bits per heavy atom. The Morgan fingerprint density at radius 3 is 2.56 bits per heavy atom. The van der Waals surface area contributed by atoms with Gasteiger partial charge in [0.1, 0.15) is 5.76 Å². The minimum Gasteiger partial charge on any atom is -0.467 e. The zero-order valence-corrected chi connectivity index (χ0v) is 19.1. The van der Waals surface area contributed by atoms with E-state index < -0.39 is 5.91 Å². The van der Waals surface area contributed by atoms with Gasteiger partial charge in [-0.25, -0.2) is 4.98 Å². The second kappa shape index (κ2) is 8.22. The van der Waals surface area contributed by atoms with Gasteiger partial charge in [-0.2, -0.15) is 0 Å². The number of fused-ring (bicyclic) bond motifs is 2. The van der Waals surface area contributed by atoms with E-state index in [-0.39, 0.29) is 23.9 Å². The predicted molar refractivity (Wildman–Crippen MR) is 127 cm³/mol. The molecule has 8 heteroatoms. The second-order valence-corrected chi connectivity index (χ2v) is 9.68. The van der Waals surface area contributed by atoms with Crippen molar-refractivity contribution in [2.24, 2.45) is 0 Å². The summed E-state index contributed by atoms with van der Waals surface area (Å²) in [7, 11) is 0. The molecule has 2 aromatic carbocycles. The van der Waals surface area contributed by atoms with Crippen LogP contribution in [0.4, 0.5) is 0 Å². The average molecular weight is 472 g/mol. The summed E-state index contributed by atoms with van der Waals surface area (Å²) >= 11 is 1.73. The number of benzene rings is 2. The second-order valence-electron chi connectivity index (χ2n) is 8.62. The fourth-order valence-corrected chi connectivity index (χ4v) is 5.84. The average Bonchev–Trinajstić information content (AvgIpc) is 3.60. The lowest BCUT2D eigenvalue weighted by molar-refractivity contribution is 0.0631. The molecule has 0 spiro atoms. The number of para-hydroxylation sites is 1. The first-order valence-corrected chi connectivity index (χ1v) is 12.1. The first-order valence-electron chi connectivity index (χ1n) is 11.3. The molecule has 0 saturated carbocycles. The van der Waals surface area contributed by atoms with Crippen molar-refractivity contribution in [3.05, 3.63) is 88.3 Å². The van der Waals surface area contributed by atoms with Crippen molar-refractivity contribution in [1.29, 1.82) is 0 Å². The Bertz CT molecular complexity index is 1380. The van der Waals surface area contributed by atoms with Gasteiger partial charge in [-0.15, -0.1) is 11.3 Å². The monoisotopic (exact) mass is 471 g/mol. The van der Waals surface area contributed by atoms with Crippen molar-refractivity contribution in [1.82, 2.24) is 14.8 Å². The molecule has 0 bridgehead atoms. The lowest BCUT2D eigenvalue weighted by Crippen LogP contribution is -2.38. The van der Waals surface area contributed by atoms with Crippen molar-refractivity contribution >= 4 is 39.3 Å². The lowest BCUT2D eigenvalue weighted by atomic mass is 9.96. The van der Waals surface area contributed by atoms with E-state index in [9.17, 15) is 14.4 Å². The Hall–Kier alpha value is -3.78. The number of nitrogens with zero attached hydrogens (tertiary/aromatic N) is 3. The summed E-state index contributed by atoms with van der Waals surface area (Å²) < 4.78 is 6.47. The minimum absolute atomic E-state index is 0.0713. The number of carbonyl (C=O) groups excluding carboxylic acids is 3. The molecule has 1 fully saturated rings. The van der Waals surface area contributed by atoms with Crippen LogP contribution in [0, 0.1) is 0 Å². The summed E-state index contributed by atoms with van der Waals surface area (Å²) in [6.07, 6.45) is 3.21. The third kappa shape index (κ3) is 3.51. The van der Waals surface area contributed by atoms with E-state index >= 15 is 0 Å². The largest absolute Gasteiger partial charge is 0.467 e. The van der Waals surface area contributed by atoms with Crippen molar-refractivity contribution < 1.29 is 18.8 Å². The number of imide groups is 1. The molecule has 4 aromatic rings. The summed E-state index contributed by atoms with van der Waals surface area (Å²) in [5, 5.41) is 1.13. The molecular formula is C26H21N3O4S. The van der Waals surface area contributed by atoms with Gasteiger partial charge in [-0.05, 0) is 55.3 Å². The van der Waals surface area contributed by atoms with Crippen molar-refractivity contribution in [3.8, 4) is 0 Å². The summed E-state index contributed by atoms with van der Waals surface area (Å²) in [5.41, 5.74) is 2.05. The molecule has 0 atom stereocenters. The molecule has 2 aliphatic rings. The molecular weight excluding hydrogens is 450 g/mol. The minimum atomic E-state index is -0.402. The number of aromatic nitrogens is 1. The summed E-state index contributed by atoms with van der Waals surface area (Å²) in [6, 6.07) is 16.4. The molecule has 34 heavy (non-hydrogen) atoms. The maximum atomic E-state index is 13.2. The molecule has 1 saturated heterocycles. The fourth-order valence-electron chi connectivity index (χ4n) is 4.70. The summed E-state index contributed by atoms with van der Waals surface area (Å²) in [4.78, 5) is 46.6. The van der Waals surface area contributed by atoms with E-state index in [2.05, 4.69) is 6.07 Å². The molecule has 0 radical (unpaired) electrons. The molecule has 7 nitrogen and oxygen atoms in total. The number of amides is 3. The molecule has 2 aliphatic heterocycles. The van der Waals surface area contributed by atoms with Gasteiger partial charge in [-0.1, -0.05) is 12.1 Å². The Kier molecular flexibility index (Phi) is 5.03. The Morgan fingerprint density at radius 2 is 1.79 bits per heavy atom. The Labute approximate surface area is 199 Å². The summed E-state index contributed by atoms with van der Waals surface area (Å²) in [5.74, 6) is -0.0134. The highest BCUT2D eigenvalue weighted by Crippen LogP contribution is 2.34. The zero-order chi connectivity index (χ0) is 23.2. The van der Waals surface area contributed by atoms with Crippen LogP contribution in [0.2, 0.25) is 0 Å². The number of piperidine rings is 1. The van der Waals surface area contributed by atoms with Crippen LogP contribution in [0.5, 0.6) is 0 Å². The molecule has 2 aromatic heterocycles. The van der Waals surface area contributed by atoms with E-state index in [1.165, 1.54) is 11.0 Å². The number of carbonyl (C=O) groups is 3. The number of thiazole rings is 1. The first kappa shape index (κ1) is 20.8. The fraction of sp³-hybridized carbons (Fsp3) is 0.231. The molecule has 170 valence electrons. The number of likely N-dealkylation sites (tertiary alicyclic amines) is 1. The molecule has 0 aliphatic carbocycles. The van der Waals surface area contributed by atoms with E-state index in [0.717, 1.165) is 28.3 Å². The topological polar surface area (TPSA) is 83.7 Å². The van der Waals surface area contributed by atoms with Gasteiger partial charge in [0.05, 0.1) is 39.2 Å². The van der Waals surface area contributed by atoms with Crippen LogP contribution in [0.3, 0.4) is 0 Å². The SMILES string of the molecule is O=C(c1ccc2c(c1)C(=O)N(Cc1ccco1)C2=O)N1CCC(c2nc3ccccc3s2)CC1. The van der Waals surface area contributed by atoms with Crippen LogP contribution in [0.1, 0.15) is 60.6 Å². The van der Waals surface area contributed by atoms with Crippen LogP contribution >= 0.6 is 11.3 Å². The van der Waals surface area contributed by atoms with Gasteiger partial charge in [0.15, 0.2) is 0 Å². The molecule has 0 N–H and O–H groups in total. The number of hydrogen-bond donors (Lipinski definition) is 0. The highest BCUT2D eigenvalue weighted by molar-refractivity contribution is 7.18. The highest BCUT2D eigenvalue weighted by atomic mass is 32.1. The van der Waals surface area contributed by atoms with Gasteiger partial charge >= 0.3 is 0 Å². The summed E-state index contributed by atoms with van der Waals surface area (Å²) in [6.45, 7) is 1.34. The van der Waals surface area contributed by atoms with Crippen LogP contribution in [-0.2, 0) is 6.54 Å². The Balaban J connectivity index is 1.15. The van der Waals surface area contributed by atoms with E-state index in [4.69, 9.17) is 9.40 Å². The van der Waals surface area contributed by atoms with Gasteiger partial charge in [0.25, 0.3) is 17.7 Å².